The van der Waals surface area contributed by atoms with Crippen LogP contribution < -0.4 is 22.1 Å². The Bertz CT molecular complexity index is 1530. The Hall–Kier alpha value is -4.76. The highest BCUT2D eigenvalue weighted by molar-refractivity contribution is 6.08. The molecule has 0 unspecified atom stereocenters. The van der Waals surface area contributed by atoms with Gasteiger partial charge in [-0.1, -0.05) is 24.3 Å². The number of rotatable bonds is 5. The molecule has 0 bridgehead atoms. The third-order valence-electron chi connectivity index (χ3n) is 5.91. The lowest BCUT2D eigenvalue weighted by Crippen LogP contribution is -2.31. The molecule has 2 heterocycles. The minimum atomic E-state index is -0.699. The van der Waals surface area contributed by atoms with Crippen LogP contribution in [-0.2, 0) is 6.54 Å². The zero-order chi connectivity index (χ0) is 24.5. The highest BCUT2D eigenvalue weighted by Crippen LogP contribution is 2.38. The van der Waals surface area contributed by atoms with E-state index >= 15 is 0 Å². The van der Waals surface area contributed by atoms with E-state index in [1.54, 1.807) is 24.5 Å². The number of fused-ring (bicyclic) bond motifs is 1. The topological polar surface area (TPSA) is 140 Å². The SMILES string of the molecule is NCc1cc(N(C(N)=O)c2ccc(-c3ccc(-c4ccncc4)c4[nH]nc(N)c34)cc2)ccc1F. The molecular formula is C26H22FN7O. The molecule has 0 saturated heterocycles. The summed E-state index contributed by atoms with van der Waals surface area (Å²) in [5.41, 5.74) is 23.3. The number of carbonyl (C=O) groups excluding carboxylic acids is 1. The van der Waals surface area contributed by atoms with Crippen LogP contribution in [0.5, 0.6) is 0 Å². The third kappa shape index (κ3) is 3.94. The summed E-state index contributed by atoms with van der Waals surface area (Å²) in [7, 11) is 0. The molecule has 3 aromatic carbocycles. The first-order valence-corrected chi connectivity index (χ1v) is 10.8. The molecule has 7 N–H and O–H groups in total. The summed E-state index contributed by atoms with van der Waals surface area (Å²) in [5.74, 6) is -0.0534. The Morgan fingerprint density at radius 2 is 1.57 bits per heavy atom. The number of primary amides is 1. The highest BCUT2D eigenvalue weighted by atomic mass is 19.1. The van der Waals surface area contributed by atoms with Crippen LogP contribution in [0.25, 0.3) is 33.2 Å². The Labute approximate surface area is 200 Å². The smallest absolute Gasteiger partial charge is 0.323 e. The van der Waals surface area contributed by atoms with E-state index in [4.69, 9.17) is 17.2 Å². The van der Waals surface area contributed by atoms with E-state index in [2.05, 4.69) is 15.2 Å². The molecule has 0 radical (unpaired) electrons. The number of aromatic nitrogens is 3. The summed E-state index contributed by atoms with van der Waals surface area (Å²) in [4.78, 5) is 17.7. The van der Waals surface area contributed by atoms with Gasteiger partial charge in [0, 0.05) is 30.1 Å². The first-order chi connectivity index (χ1) is 17.0. The number of nitrogens with two attached hydrogens (primary N) is 3. The molecule has 0 saturated carbocycles. The van der Waals surface area contributed by atoms with Gasteiger partial charge in [-0.2, -0.15) is 5.10 Å². The number of carbonyl (C=O) groups is 1. The maximum absolute atomic E-state index is 13.9. The molecule has 0 fully saturated rings. The van der Waals surface area contributed by atoms with Crippen molar-refractivity contribution in [2.75, 3.05) is 10.6 Å². The monoisotopic (exact) mass is 467 g/mol. The van der Waals surface area contributed by atoms with Crippen LogP contribution in [0.2, 0.25) is 0 Å². The summed E-state index contributed by atoms with van der Waals surface area (Å²) in [6.45, 7) is 0.00280. The number of hydrogen-bond acceptors (Lipinski definition) is 5. The molecular weight excluding hydrogens is 445 g/mol. The van der Waals surface area contributed by atoms with Crippen molar-refractivity contribution < 1.29 is 9.18 Å². The fourth-order valence-corrected chi connectivity index (χ4v) is 4.22. The van der Waals surface area contributed by atoms with Gasteiger partial charge in [-0.3, -0.25) is 15.0 Å². The van der Waals surface area contributed by atoms with E-state index in [-0.39, 0.29) is 12.1 Å². The van der Waals surface area contributed by atoms with E-state index in [0.29, 0.717) is 17.2 Å². The lowest BCUT2D eigenvalue weighted by atomic mass is 9.96. The average Bonchev–Trinajstić information content (AvgIpc) is 3.27. The van der Waals surface area contributed by atoms with Gasteiger partial charge in [0.25, 0.3) is 0 Å². The lowest BCUT2D eigenvalue weighted by molar-refractivity contribution is 0.256. The molecule has 35 heavy (non-hydrogen) atoms. The summed E-state index contributed by atoms with van der Waals surface area (Å²) in [6.07, 6.45) is 3.46. The van der Waals surface area contributed by atoms with Gasteiger partial charge in [0.15, 0.2) is 5.82 Å². The van der Waals surface area contributed by atoms with E-state index in [1.807, 2.05) is 36.4 Å². The van der Waals surface area contributed by atoms with E-state index < -0.39 is 11.8 Å². The molecule has 0 spiro atoms. The predicted octanol–water partition coefficient (Wildman–Crippen LogP) is 4.69. The first kappa shape index (κ1) is 22.1. The average molecular weight is 468 g/mol. The third-order valence-corrected chi connectivity index (χ3v) is 5.91. The fraction of sp³-hybridized carbons (Fsp3) is 0.0385. The number of H-pyrrole nitrogens is 1. The molecule has 0 aliphatic carbocycles. The van der Waals surface area contributed by atoms with Gasteiger partial charge in [0.2, 0.25) is 0 Å². The summed E-state index contributed by atoms with van der Waals surface area (Å²) in [6, 6.07) is 18.7. The second-order valence-corrected chi connectivity index (χ2v) is 7.96. The van der Waals surface area contributed by atoms with Crippen molar-refractivity contribution in [1.82, 2.24) is 15.2 Å². The second kappa shape index (κ2) is 8.88. The van der Waals surface area contributed by atoms with Gasteiger partial charge in [0.1, 0.15) is 5.82 Å². The number of amides is 2. The first-order valence-electron chi connectivity index (χ1n) is 10.8. The molecule has 5 aromatic rings. The van der Waals surface area contributed by atoms with E-state index in [9.17, 15) is 9.18 Å². The molecule has 0 aliphatic rings. The van der Waals surface area contributed by atoms with Crippen molar-refractivity contribution in [3.8, 4) is 22.3 Å². The van der Waals surface area contributed by atoms with Crippen LogP contribution in [-0.4, -0.2) is 21.2 Å². The Morgan fingerprint density at radius 3 is 2.26 bits per heavy atom. The van der Waals surface area contributed by atoms with Gasteiger partial charge in [-0.15, -0.1) is 0 Å². The zero-order valence-electron chi connectivity index (χ0n) is 18.6. The predicted molar refractivity (Wildman–Crippen MR) is 135 cm³/mol. The van der Waals surface area contributed by atoms with Gasteiger partial charge in [0.05, 0.1) is 22.3 Å². The minimum Gasteiger partial charge on any atom is -0.382 e. The van der Waals surface area contributed by atoms with E-state index in [1.165, 1.54) is 23.1 Å². The molecule has 174 valence electrons. The number of benzene rings is 3. The van der Waals surface area contributed by atoms with Gasteiger partial charge >= 0.3 is 6.03 Å². The maximum Gasteiger partial charge on any atom is 0.323 e. The normalized spacial score (nSPS) is 11.0. The number of pyridine rings is 1. The fourth-order valence-electron chi connectivity index (χ4n) is 4.22. The quantitative estimate of drug-likeness (QED) is 0.297. The van der Waals surface area contributed by atoms with Crippen molar-refractivity contribution in [3.63, 3.8) is 0 Å². The van der Waals surface area contributed by atoms with Crippen molar-refractivity contribution in [2.24, 2.45) is 11.5 Å². The summed E-state index contributed by atoms with van der Waals surface area (Å²) < 4.78 is 13.9. The number of nitrogen functional groups attached to an aromatic ring is 1. The van der Waals surface area contributed by atoms with Crippen molar-refractivity contribution in [1.29, 1.82) is 0 Å². The van der Waals surface area contributed by atoms with Crippen LogP contribution in [0.1, 0.15) is 5.56 Å². The standard InChI is InChI=1S/C26H22FN7O/c27-22-8-5-19(13-17(22)14-28)34(26(30)35)18-3-1-15(2-4-18)20-6-7-21(16-9-11-31-12-10-16)24-23(20)25(29)33-32-24/h1-13H,14,28H2,(H2,30,35)(H3,29,32,33). The largest absolute Gasteiger partial charge is 0.382 e. The Morgan fingerprint density at radius 1 is 0.914 bits per heavy atom. The molecule has 5 rings (SSSR count). The van der Waals surface area contributed by atoms with Crippen molar-refractivity contribution >= 4 is 34.1 Å². The Balaban J connectivity index is 1.56. The minimum absolute atomic E-state index is 0.00280. The summed E-state index contributed by atoms with van der Waals surface area (Å²) in [5, 5.41) is 8.06. The highest BCUT2D eigenvalue weighted by Gasteiger charge is 2.18. The van der Waals surface area contributed by atoms with Crippen LogP contribution in [0.4, 0.5) is 26.4 Å². The second-order valence-electron chi connectivity index (χ2n) is 7.96. The number of halogens is 1. The molecule has 2 amide bonds. The molecule has 8 nitrogen and oxygen atoms in total. The van der Waals surface area contributed by atoms with Crippen LogP contribution >= 0.6 is 0 Å². The molecule has 2 aromatic heterocycles. The van der Waals surface area contributed by atoms with Gasteiger partial charge < -0.3 is 17.2 Å². The summed E-state index contributed by atoms with van der Waals surface area (Å²) >= 11 is 0. The van der Waals surface area contributed by atoms with Gasteiger partial charge in [-0.25, -0.2) is 9.18 Å². The molecule has 0 aliphatic heterocycles. The van der Waals surface area contributed by atoms with Gasteiger partial charge in [-0.05, 0) is 59.2 Å². The number of nitrogens with zero attached hydrogens (tertiary/aromatic N) is 3. The zero-order valence-corrected chi connectivity index (χ0v) is 18.6. The maximum atomic E-state index is 13.9. The number of hydrogen-bond donors (Lipinski definition) is 4. The number of anilines is 3. The van der Waals surface area contributed by atoms with Crippen LogP contribution in [0.3, 0.4) is 0 Å². The number of aromatic amines is 1. The Kier molecular flexibility index (Phi) is 5.60. The molecule has 0 atom stereocenters. The van der Waals surface area contributed by atoms with Crippen molar-refractivity contribution in [3.05, 3.63) is 90.5 Å². The number of nitrogens with one attached hydrogen (secondary N) is 1. The van der Waals surface area contributed by atoms with Crippen molar-refractivity contribution in [2.45, 2.75) is 6.54 Å². The molecule has 9 heteroatoms. The number of urea groups is 1. The van der Waals surface area contributed by atoms with E-state index in [0.717, 1.165) is 33.2 Å². The lowest BCUT2D eigenvalue weighted by Gasteiger charge is -2.22. The van der Waals surface area contributed by atoms with Crippen LogP contribution in [0, 0.1) is 5.82 Å². The van der Waals surface area contributed by atoms with Crippen LogP contribution in [0.15, 0.2) is 79.1 Å².